The predicted octanol–water partition coefficient (Wildman–Crippen LogP) is 3.76. The van der Waals surface area contributed by atoms with Gasteiger partial charge in [-0.2, -0.15) is 0 Å². The number of rotatable bonds is 6. The Morgan fingerprint density at radius 2 is 1.61 bits per heavy atom. The van der Waals surface area contributed by atoms with Crippen molar-refractivity contribution in [3.05, 3.63) is 35.4 Å². The third-order valence-corrected chi connectivity index (χ3v) is 3.16. The molecule has 0 bridgehead atoms. The Morgan fingerprint density at radius 3 is 2.00 bits per heavy atom. The molecule has 0 saturated carbocycles. The van der Waals surface area contributed by atoms with E-state index in [4.69, 9.17) is 0 Å². The molecule has 18 heavy (non-hydrogen) atoms. The van der Waals surface area contributed by atoms with Crippen molar-refractivity contribution >= 4 is 18.2 Å². The molecule has 0 unspecified atom stereocenters. The zero-order valence-electron chi connectivity index (χ0n) is 11.8. The van der Waals surface area contributed by atoms with Crippen molar-refractivity contribution in [3.8, 4) is 0 Å². The highest BCUT2D eigenvalue weighted by Crippen LogP contribution is 2.15. The first-order valence-corrected chi connectivity index (χ1v) is 6.44. The number of likely N-dealkylation sites (N-methyl/N-ethyl adjacent to an activating group) is 1. The second kappa shape index (κ2) is 8.28. The summed E-state index contributed by atoms with van der Waals surface area (Å²) < 4.78 is 0. The van der Waals surface area contributed by atoms with Gasteiger partial charge in [0, 0.05) is 5.56 Å². The van der Waals surface area contributed by atoms with Crippen molar-refractivity contribution in [3.63, 3.8) is 0 Å². The molecule has 0 aliphatic rings. The Hall–Kier alpha value is -0.860. The summed E-state index contributed by atoms with van der Waals surface area (Å²) in [6.45, 7) is 10.9. The molecule has 0 aliphatic heterocycles. The van der Waals surface area contributed by atoms with Gasteiger partial charge in [-0.1, -0.05) is 52.0 Å². The van der Waals surface area contributed by atoms with Crippen LogP contribution in [0.2, 0.25) is 0 Å². The summed E-state index contributed by atoms with van der Waals surface area (Å²) in [6, 6.07) is 8.00. The fourth-order valence-corrected chi connectivity index (χ4v) is 1.80. The quantitative estimate of drug-likeness (QED) is 0.733. The average molecular weight is 270 g/mol. The molecule has 1 aromatic rings. The van der Waals surface area contributed by atoms with Crippen molar-refractivity contribution in [1.29, 1.82) is 0 Å². The Morgan fingerprint density at radius 1 is 1.11 bits per heavy atom. The number of nitrogens with zero attached hydrogens (tertiary/aromatic N) is 1. The molecule has 1 aromatic carbocycles. The Balaban J connectivity index is 0.00000289. The summed E-state index contributed by atoms with van der Waals surface area (Å²) in [5, 5.41) is 0. The number of carbonyl (C=O) groups is 1. The van der Waals surface area contributed by atoms with E-state index in [2.05, 4.69) is 44.7 Å². The summed E-state index contributed by atoms with van der Waals surface area (Å²) in [5.41, 5.74) is 2.10. The lowest BCUT2D eigenvalue weighted by atomic mass is 10.0. The van der Waals surface area contributed by atoms with Gasteiger partial charge in [0.05, 0.1) is 6.54 Å². The molecule has 0 amide bonds. The molecule has 0 aromatic heterocycles. The molecule has 0 spiro atoms. The lowest BCUT2D eigenvalue weighted by molar-refractivity contribution is 0.0937. The van der Waals surface area contributed by atoms with Crippen molar-refractivity contribution < 1.29 is 4.79 Å². The maximum atomic E-state index is 12.0. The number of halogens is 1. The maximum absolute atomic E-state index is 12.0. The first-order valence-electron chi connectivity index (χ1n) is 6.44. The molecule has 102 valence electrons. The first-order chi connectivity index (χ1) is 8.08. The van der Waals surface area contributed by atoms with Crippen LogP contribution in [0.15, 0.2) is 24.3 Å². The number of carbonyl (C=O) groups excluding carboxylic acids is 1. The van der Waals surface area contributed by atoms with Gasteiger partial charge in [0.2, 0.25) is 0 Å². The largest absolute Gasteiger partial charge is 0.296 e. The van der Waals surface area contributed by atoms with Crippen LogP contribution < -0.4 is 0 Å². The number of ketones is 1. The van der Waals surface area contributed by atoms with Gasteiger partial charge in [-0.25, -0.2) is 0 Å². The van der Waals surface area contributed by atoms with Gasteiger partial charge in [-0.3, -0.25) is 9.69 Å². The monoisotopic (exact) mass is 269 g/mol. The summed E-state index contributed by atoms with van der Waals surface area (Å²) in [5.74, 6) is 0.728. The molecule has 3 heteroatoms. The third-order valence-electron chi connectivity index (χ3n) is 3.16. The van der Waals surface area contributed by atoms with Crippen LogP contribution in [0.25, 0.3) is 0 Å². The van der Waals surface area contributed by atoms with Gasteiger partial charge < -0.3 is 0 Å². The van der Waals surface area contributed by atoms with Crippen molar-refractivity contribution in [2.75, 3.05) is 19.6 Å². The summed E-state index contributed by atoms with van der Waals surface area (Å²) >= 11 is 0. The molecule has 0 atom stereocenters. The van der Waals surface area contributed by atoms with Gasteiger partial charge in [0.15, 0.2) is 5.78 Å². The topological polar surface area (TPSA) is 20.3 Å². The van der Waals surface area contributed by atoms with Crippen LogP contribution >= 0.6 is 12.4 Å². The van der Waals surface area contributed by atoms with Crippen LogP contribution in [0.1, 0.15) is 49.5 Å². The fourth-order valence-electron chi connectivity index (χ4n) is 1.80. The standard InChI is InChI=1S/C15H23NO.ClH/c1-5-16(6-2)11-15(17)14-9-7-13(8-10-14)12(3)4;/h7-10,12H,5-6,11H2,1-4H3;1H. The molecule has 0 saturated heterocycles. The van der Waals surface area contributed by atoms with Gasteiger partial charge in [0.1, 0.15) is 0 Å². The van der Waals surface area contributed by atoms with Gasteiger partial charge >= 0.3 is 0 Å². The second-order valence-corrected chi connectivity index (χ2v) is 4.66. The lowest BCUT2D eigenvalue weighted by Crippen LogP contribution is -2.29. The minimum atomic E-state index is 0. The van der Waals surface area contributed by atoms with E-state index in [-0.39, 0.29) is 18.2 Å². The van der Waals surface area contributed by atoms with E-state index in [1.165, 1.54) is 5.56 Å². The molecule has 0 radical (unpaired) electrons. The van der Waals surface area contributed by atoms with Crippen molar-refractivity contribution in [2.45, 2.75) is 33.6 Å². The van der Waals surface area contributed by atoms with E-state index >= 15 is 0 Å². The maximum Gasteiger partial charge on any atom is 0.176 e. The minimum Gasteiger partial charge on any atom is -0.296 e. The second-order valence-electron chi connectivity index (χ2n) is 4.66. The van der Waals surface area contributed by atoms with Crippen molar-refractivity contribution in [2.24, 2.45) is 0 Å². The molecular weight excluding hydrogens is 246 g/mol. The molecule has 0 fully saturated rings. The number of Topliss-reactive ketones (excluding diaryl/α,β-unsaturated/α-hetero) is 1. The molecule has 0 heterocycles. The van der Waals surface area contributed by atoms with Crippen molar-refractivity contribution in [1.82, 2.24) is 4.90 Å². The summed E-state index contributed by atoms with van der Waals surface area (Å²) in [6.07, 6.45) is 0. The fraction of sp³-hybridized carbons (Fsp3) is 0.533. The van der Waals surface area contributed by atoms with E-state index in [9.17, 15) is 4.79 Å². The third kappa shape index (κ3) is 4.79. The zero-order chi connectivity index (χ0) is 12.8. The van der Waals surface area contributed by atoms with E-state index in [0.29, 0.717) is 12.5 Å². The normalized spacial score (nSPS) is 10.6. The molecule has 0 N–H and O–H groups in total. The Bertz CT molecular complexity index is 355. The molecule has 0 aliphatic carbocycles. The van der Waals surface area contributed by atoms with E-state index in [0.717, 1.165) is 18.7 Å². The highest BCUT2D eigenvalue weighted by molar-refractivity contribution is 5.97. The smallest absolute Gasteiger partial charge is 0.176 e. The van der Waals surface area contributed by atoms with Crippen LogP contribution in [0.3, 0.4) is 0 Å². The number of hydrogen-bond donors (Lipinski definition) is 0. The minimum absolute atomic E-state index is 0. The first kappa shape index (κ1) is 17.1. The number of hydrogen-bond acceptors (Lipinski definition) is 2. The van der Waals surface area contributed by atoms with Crippen LogP contribution in [-0.4, -0.2) is 30.3 Å². The van der Waals surface area contributed by atoms with E-state index < -0.39 is 0 Å². The Kier molecular flexibility index (Phi) is 7.88. The van der Waals surface area contributed by atoms with Crippen LogP contribution in [0.4, 0.5) is 0 Å². The van der Waals surface area contributed by atoms with Gasteiger partial charge in [0.25, 0.3) is 0 Å². The van der Waals surface area contributed by atoms with Crippen LogP contribution in [0, 0.1) is 0 Å². The van der Waals surface area contributed by atoms with Gasteiger partial charge in [-0.05, 0) is 24.6 Å². The molecule has 1 rings (SSSR count). The SMILES string of the molecule is CCN(CC)CC(=O)c1ccc(C(C)C)cc1.Cl. The molecule has 2 nitrogen and oxygen atoms in total. The molecular formula is C15H24ClNO. The highest BCUT2D eigenvalue weighted by Gasteiger charge is 2.10. The Labute approximate surface area is 117 Å². The summed E-state index contributed by atoms with van der Waals surface area (Å²) in [4.78, 5) is 14.1. The summed E-state index contributed by atoms with van der Waals surface area (Å²) in [7, 11) is 0. The van der Waals surface area contributed by atoms with E-state index in [1.54, 1.807) is 0 Å². The van der Waals surface area contributed by atoms with Crippen LogP contribution in [-0.2, 0) is 0 Å². The predicted molar refractivity (Wildman–Crippen MR) is 79.9 cm³/mol. The van der Waals surface area contributed by atoms with Gasteiger partial charge in [-0.15, -0.1) is 12.4 Å². The average Bonchev–Trinajstić information content (AvgIpc) is 2.35. The van der Waals surface area contributed by atoms with Crippen LogP contribution in [0.5, 0.6) is 0 Å². The van der Waals surface area contributed by atoms with E-state index in [1.807, 2.05) is 12.1 Å². The zero-order valence-corrected chi connectivity index (χ0v) is 12.6. The number of benzene rings is 1. The highest BCUT2D eigenvalue weighted by atomic mass is 35.5. The lowest BCUT2D eigenvalue weighted by Gasteiger charge is -2.16.